The van der Waals surface area contributed by atoms with E-state index in [-0.39, 0.29) is 24.8 Å². The van der Waals surface area contributed by atoms with E-state index in [0.717, 1.165) is 23.7 Å². The number of hydrogen-bond donors (Lipinski definition) is 4. The number of nitrogens with zero attached hydrogens (tertiary/aromatic N) is 4. The third-order valence-electron chi connectivity index (χ3n) is 6.11. The minimum atomic E-state index is -4.68. The van der Waals surface area contributed by atoms with Crippen LogP contribution in [-0.2, 0) is 17.3 Å². The van der Waals surface area contributed by atoms with Gasteiger partial charge in [0, 0.05) is 24.5 Å². The average Bonchev–Trinajstić information content (AvgIpc) is 2.90. The number of halogens is 3. The summed E-state index contributed by atoms with van der Waals surface area (Å²) in [5, 5.41) is 26.1. The Balaban J connectivity index is 1.31. The van der Waals surface area contributed by atoms with Crippen molar-refractivity contribution >= 4 is 11.7 Å². The summed E-state index contributed by atoms with van der Waals surface area (Å²) >= 11 is 0. The number of hydrogen-bond acceptors (Lipinski definition) is 9. The monoisotopic (exact) mass is 546 g/mol. The van der Waals surface area contributed by atoms with Gasteiger partial charge in [0.25, 0.3) is 5.91 Å². The Morgan fingerprint density at radius 2 is 1.85 bits per heavy atom. The lowest BCUT2D eigenvalue weighted by Crippen LogP contribution is -2.58. The molecule has 1 amide bonds. The number of alkyl halides is 3. The number of nitrogens with one attached hydrogen (secondary N) is 2. The fourth-order valence-corrected chi connectivity index (χ4v) is 4.17. The molecular weight excluding hydrogens is 517 g/mol. The van der Waals surface area contributed by atoms with Gasteiger partial charge in [-0.1, -0.05) is 38.1 Å². The van der Waals surface area contributed by atoms with Crippen molar-refractivity contribution < 1.29 is 32.9 Å². The highest BCUT2D eigenvalue weighted by Crippen LogP contribution is 2.28. The molecule has 4 rings (SSSR count). The summed E-state index contributed by atoms with van der Waals surface area (Å²) < 4.78 is 44.2. The molecular formula is C26H29F3N6O4. The van der Waals surface area contributed by atoms with Crippen LogP contribution in [0, 0.1) is 5.92 Å². The number of rotatable bonds is 8. The van der Waals surface area contributed by atoms with E-state index in [1.54, 1.807) is 12.4 Å². The highest BCUT2D eigenvalue weighted by atomic mass is 19.4. The Kier molecular flexibility index (Phi) is 8.73. The molecule has 0 aliphatic carbocycles. The van der Waals surface area contributed by atoms with Crippen LogP contribution in [0.2, 0.25) is 0 Å². The molecule has 0 radical (unpaired) electrons. The maximum atomic E-state index is 12.9. The molecule has 13 heteroatoms. The first-order chi connectivity index (χ1) is 18.5. The molecule has 0 spiro atoms. The van der Waals surface area contributed by atoms with Gasteiger partial charge in [0.15, 0.2) is 5.69 Å². The number of ether oxygens (including phenoxy) is 1. The lowest BCUT2D eigenvalue weighted by Gasteiger charge is -2.38. The van der Waals surface area contributed by atoms with Crippen molar-refractivity contribution in [2.75, 3.05) is 18.5 Å². The lowest BCUT2D eigenvalue weighted by molar-refractivity contribution is -0.141. The van der Waals surface area contributed by atoms with Crippen LogP contribution in [0.15, 0.2) is 49.1 Å². The maximum absolute atomic E-state index is 12.9. The van der Waals surface area contributed by atoms with Crippen LogP contribution < -0.4 is 10.6 Å². The molecule has 1 fully saturated rings. The van der Waals surface area contributed by atoms with Crippen LogP contribution >= 0.6 is 0 Å². The summed E-state index contributed by atoms with van der Waals surface area (Å²) in [4.78, 5) is 27.8. The minimum absolute atomic E-state index is 0.0782. The summed E-state index contributed by atoms with van der Waals surface area (Å²) in [5.74, 6) is -0.392. The largest absolute Gasteiger partial charge is 0.434 e. The van der Waals surface area contributed by atoms with E-state index in [2.05, 4.69) is 56.5 Å². The zero-order valence-electron chi connectivity index (χ0n) is 21.3. The molecule has 3 aromatic rings. The standard InChI is InChI=1S/C26H29F3N6O4/c1-14(2)6-15-4-3-5-16(7-15)17-8-31-24(32-9-17)25(38)33-10-19-23(37)22(36)18(13-39-19)34-21-12-30-11-20(35-21)26(27,28)29/h3-5,7-9,11-12,14,18-19,22-23,36-37H,6,10,13H2,1-2H3,(H,33,38)(H,34,35)/t18-,19+,22+,23-/m0/s1. The normalized spacial score (nSPS) is 21.5. The molecule has 10 nitrogen and oxygen atoms in total. The lowest BCUT2D eigenvalue weighted by atomic mass is 9.98. The van der Waals surface area contributed by atoms with Gasteiger partial charge in [-0.05, 0) is 23.5 Å². The number of aliphatic hydroxyl groups is 2. The third-order valence-corrected chi connectivity index (χ3v) is 6.11. The van der Waals surface area contributed by atoms with E-state index in [1.807, 2.05) is 12.1 Å². The first-order valence-corrected chi connectivity index (χ1v) is 12.3. The van der Waals surface area contributed by atoms with Gasteiger partial charge in [-0.15, -0.1) is 0 Å². The highest BCUT2D eigenvalue weighted by molar-refractivity contribution is 5.90. The van der Waals surface area contributed by atoms with E-state index in [1.165, 1.54) is 5.56 Å². The molecule has 1 aromatic carbocycles. The smallest absolute Gasteiger partial charge is 0.388 e. The summed E-state index contributed by atoms with van der Waals surface area (Å²) in [5.41, 5.74) is 1.69. The number of aromatic nitrogens is 4. The fraction of sp³-hybridized carbons (Fsp3) is 0.423. The minimum Gasteiger partial charge on any atom is -0.388 e. The number of anilines is 1. The number of benzene rings is 1. The van der Waals surface area contributed by atoms with Gasteiger partial charge in [0.05, 0.1) is 25.0 Å². The van der Waals surface area contributed by atoms with Gasteiger partial charge in [-0.2, -0.15) is 13.2 Å². The molecule has 0 bridgehead atoms. The van der Waals surface area contributed by atoms with Crippen molar-refractivity contribution in [3.8, 4) is 11.1 Å². The molecule has 39 heavy (non-hydrogen) atoms. The summed E-state index contributed by atoms with van der Waals surface area (Å²) in [6, 6.07) is 7.07. The van der Waals surface area contributed by atoms with Crippen LogP contribution in [0.4, 0.5) is 19.0 Å². The number of aliphatic hydroxyl groups excluding tert-OH is 2. The van der Waals surface area contributed by atoms with Crippen molar-refractivity contribution in [2.24, 2.45) is 5.92 Å². The SMILES string of the molecule is CC(C)Cc1cccc(-c2cnc(C(=O)NC[C@H]3OC[C@H](Nc4cncc(C(F)(F)F)n4)[C@@H](O)[C@H]3O)nc2)c1. The number of amides is 1. The molecule has 1 saturated heterocycles. The van der Waals surface area contributed by atoms with E-state index in [0.29, 0.717) is 12.1 Å². The number of carbonyl (C=O) groups is 1. The van der Waals surface area contributed by atoms with Crippen LogP contribution in [-0.4, -0.2) is 73.6 Å². The van der Waals surface area contributed by atoms with E-state index in [4.69, 9.17) is 4.74 Å². The number of carbonyl (C=O) groups excluding carboxylic acids is 1. The quantitative estimate of drug-likeness (QED) is 0.335. The summed E-state index contributed by atoms with van der Waals surface area (Å²) in [6.45, 7) is 3.96. The molecule has 4 atom stereocenters. The van der Waals surface area contributed by atoms with Gasteiger partial charge >= 0.3 is 6.18 Å². The summed E-state index contributed by atoms with van der Waals surface area (Å²) in [6.07, 6.45) is -2.83. The predicted molar refractivity (Wildman–Crippen MR) is 135 cm³/mol. The molecule has 208 valence electrons. The molecule has 3 heterocycles. The Bertz CT molecular complexity index is 1280. The first-order valence-electron chi connectivity index (χ1n) is 12.3. The van der Waals surface area contributed by atoms with Crippen molar-refractivity contribution in [3.05, 3.63) is 66.1 Å². The molecule has 0 saturated carbocycles. The molecule has 1 aliphatic rings. The van der Waals surface area contributed by atoms with Crippen molar-refractivity contribution in [3.63, 3.8) is 0 Å². The van der Waals surface area contributed by atoms with E-state index in [9.17, 15) is 28.2 Å². The zero-order valence-corrected chi connectivity index (χ0v) is 21.3. The second-order valence-corrected chi connectivity index (χ2v) is 9.69. The van der Waals surface area contributed by atoms with Crippen molar-refractivity contribution in [2.45, 2.75) is 50.8 Å². The summed E-state index contributed by atoms with van der Waals surface area (Å²) in [7, 11) is 0. The van der Waals surface area contributed by atoms with Crippen molar-refractivity contribution in [1.82, 2.24) is 25.3 Å². The fourth-order valence-electron chi connectivity index (χ4n) is 4.17. The van der Waals surface area contributed by atoms with Crippen LogP contribution in [0.1, 0.15) is 35.7 Å². The maximum Gasteiger partial charge on any atom is 0.434 e. The van der Waals surface area contributed by atoms with Crippen molar-refractivity contribution in [1.29, 1.82) is 0 Å². The van der Waals surface area contributed by atoms with E-state index < -0.39 is 42.1 Å². The van der Waals surface area contributed by atoms with Gasteiger partial charge in [-0.3, -0.25) is 9.78 Å². The van der Waals surface area contributed by atoms with Gasteiger partial charge in [0.1, 0.15) is 24.1 Å². The topological polar surface area (TPSA) is 142 Å². The van der Waals surface area contributed by atoms with E-state index >= 15 is 0 Å². The molecule has 4 N–H and O–H groups in total. The zero-order chi connectivity index (χ0) is 28.2. The van der Waals surface area contributed by atoms with Crippen LogP contribution in [0.25, 0.3) is 11.1 Å². The van der Waals surface area contributed by atoms with Crippen LogP contribution in [0.5, 0.6) is 0 Å². The second-order valence-electron chi connectivity index (χ2n) is 9.69. The van der Waals surface area contributed by atoms with Gasteiger partial charge < -0.3 is 25.6 Å². The predicted octanol–water partition coefficient (Wildman–Crippen LogP) is 2.48. The second kappa shape index (κ2) is 12.0. The Morgan fingerprint density at radius 3 is 2.54 bits per heavy atom. The Labute approximate surface area is 222 Å². The van der Waals surface area contributed by atoms with Gasteiger partial charge in [0.2, 0.25) is 5.82 Å². The Morgan fingerprint density at radius 1 is 1.10 bits per heavy atom. The third kappa shape index (κ3) is 7.25. The molecule has 0 unspecified atom stereocenters. The highest BCUT2D eigenvalue weighted by Gasteiger charge is 2.39. The average molecular weight is 547 g/mol. The first kappa shape index (κ1) is 28.3. The molecule has 2 aromatic heterocycles. The van der Waals surface area contributed by atoms with Crippen LogP contribution in [0.3, 0.4) is 0 Å². The molecule has 1 aliphatic heterocycles. The van der Waals surface area contributed by atoms with Gasteiger partial charge in [-0.25, -0.2) is 15.0 Å². The Hall–Kier alpha value is -3.68.